The summed E-state index contributed by atoms with van der Waals surface area (Å²) in [5.41, 5.74) is 4.46. The topological polar surface area (TPSA) is 22.1 Å². The van der Waals surface area contributed by atoms with E-state index in [1.807, 2.05) is 63.4 Å². The summed E-state index contributed by atoms with van der Waals surface area (Å²) in [5.74, 6) is 0.875. The molecule has 1 heterocycles. The van der Waals surface area contributed by atoms with Crippen molar-refractivity contribution < 1.29 is 4.74 Å². The Bertz CT molecular complexity index is 723. The zero-order valence-electron chi connectivity index (χ0n) is 14.0. The van der Waals surface area contributed by atoms with E-state index in [1.165, 1.54) is 5.56 Å². The van der Waals surface area contributed by atoms with Gasteiger partial charge in [-0.2, -0.15) is 0 Å². The van der Waals surface area contributed by atoms with E-state index in [0.29, 0.717) is 6.61 Å². The Morgan fingerprint density at radius 3 is 2.39 bits per heavy atom. The van der Waals surface area contributed by atoms with Crippen LogP contribution in [0.5, 0.6) is 5.75 Å². The van der Waals surface area contributed by atoms with Crippen LogP contribution in [0.2, 0.25) is 0 Å². The van der Waals surface area contributed by atoms with Gasteiger partial charge in [-0.3, -0.25) is 4.98 Å². The summed E-state index contributed by atoms with van der Waals surface area (Å²) in [6, 6.07) is 22.4. The number of aromatic nitrogens is 1. The van der Waals surface area contributed by atoms with E-state index in [2.05, 4.69) is 35.3 Å². The van der Waals surface area contributed by atoms with Crippen LogP contribution in [0.25, 0.3) is 11.1 Å². The minimum Gasteiger partial charge on any atom is -0.489 e. The fourth-order valence-corrected chi connectivity index (χ4v) is 2.28. The minimum absolute atomic E-state index is 0.580. The summed E-state index contributed by atoms with van der Waals surface area (Å²) in [6.07, 6.45) is 1.81. The van der Waals surface area contributed by atoms with Crippen LogP contribution in [0.15, 0.2) is 72.9 Å². The molecule has 0 saturated heterocycles. The van der Waals surface area contributed by atoms with Crippen LogP contribution < -0.4 is 4.74 Å². The van der Waals surface area contributed by atoms with Gasteiger partial charge in [0.05, 0.1) is 0 Å². The fraction of sp³-hybridized carbons (Fsp3) is 0.190. The quantitative estimate of drug-likeness (QED) is 0.620. The Kier molecular flexibility index (Phi) is 6.37. The molecule has 0 atom stereocenters. The highest BCUT2D eigenvalue weighted by molar-refractivity contribution is 5.66. The molecule has 2 aromatic carbocycles. The summed E-state index contributed by atoms with van der Waals surface area (Å²) in [5, 5.41) is 0. The van der Waals surface area contributed by atoms with Crippen LogP contribution in [-0.2, 0) is 6.61 Å². The van der Waals surface area contributed by atoms with Crippen molar-refractivity contribution in [1.82, 2.24) is 4.98 Å². The van der Waals surface area contributed by atoms with Gasteiger partial charge in [0, 0.05) is 17.5 Å². The molecule has 0 saturated carbocycles. The molecule has 0 aliphatic rings. The average molecular weight is 305 g/mol. The largest absolute Gasteiger partial charge is 0.489 e. The van der Waals surface area contributed by atoms with Crippen LogP contribution in [0.4, 0.5) is 0 Å². The molecule has 118 valence electrons. The third-order valence-corrected chi connectivity index (χ3v) is 3.40. The fourth-order valence-electron chi connectivity index (χ4n) is 2.28. The Morgan fingerprint density at radius 1 is 0.870 bits per heavy atom. The van der Waals surface area contributed by atoms with E-state index in [9.17, 15) is 0 Å². The van der Waals surface area contributed by atoms with Gasteiger partial charge in [-0.15, -0.1) is 0 Å². The number of rotatable bonds is 4. The lowest BCUT2D eigenvalue weighted by molar-refractivity contribution is 0.306. The number of aryl methyl sites for hydroxylation is 1. The molecule has 2 heteroatoms. The first-order valence-corrected chi connectivity index (χ1v) is 8.02. The summed E-state index contributed by atoms with van der Waals surface area (Å²) in [6.45, 7) is 6.60. The van der Waals surface area contributed by atoms with Gasteiger partial charge in [0.2, 0.25) is 0 Å². The number of hydrogen-bond acceptors (Lipinski definition) is 2. The van der Waals surface area contributed by atoms with Crippen molar-refractivity contribution in [3.63, 3.8) is 0 Å². The monoisotopic (exact) mass is 305 g/mol. The zero-order chi connectivity index (χ0) is 16.5. The highest BCUT2D eigenvalue weighted by atomic mass is 16.5. The molecule has 3 rings (SSSR count). The van der Waals surface area contributed by atoms with Crippen LogP contribution in [-0.4, -0.2) is 4.98 Å². The zero-order valence-corrected chi connectivity index (χ0v) is 14.0. The van der Waals surface area contributed by atoms with Crippen LogP contribution >= 0.6 is 0 Å². The van der Waals surface area contributed by atoms with Crippen molar-refractivity contribution >= 4 is 0 Å². The van der Waals surface area contributed by atoms with E-state index in [4.69, 9.17) is 4.74 Å². The van der Waals surface area contributed by atoms with Crippen molar-refractivity contribution in [2.75, 3.05) is 0 Å². The van der Waals surface area contributed by atoms with Crippen LogP contribution in [0.3, 0.4) is 0 Å². The van der Waals surface area contributed by atoms with Gasteiger partial charge in [0.25, 0.3) is 0 Å². The number of pyridine rings is 1. The Hall–Kier alpha value is -2.61. The third-order valence-electron chi connectivity index (χ3n) is 3.40. The van der Waals surface area contributed by atoms with E-state index in [1.54, 1.807) is 0 Å². The maximum atomic E-state index is 5.87. The standard InChI is InChI=1S/C19H17NO.C2H6/c1-15-19(11-6-12-20-15)17-9-5-10-18(13-17)21-14-16-7-3-2-4-8-16;1-2/h2-13H,14H2,1H3;1-2H3. The molecule has 0 radical (unpaired) electrons. The first kappa shape index (κ1) is 16.8. The van der Waals surface area contributed by atoms with Gasteiger partial charge < -0.3 is 4.74 Å². The second-order valence-electron chi connectivity index (χ2n) is 4.94. The highest BCUT2D eigenvalue weighted by Gasteiger charge is 2.03. The molecule has 0 fully saturated rings. The molecule has 0 amide bonds. The number of hydrogen-bond donors (Lipinski definition) is 0. The molecule has 23 heavy (non-hydrogen) atoms. The average Bonchev–Trinajstić information content (AvgIpc) is 2.63. The van der Waals surface area contributed by atoms with Gasteiger partial charge in [-0.1, -0.05) is 62.4 Å². The molecular formula is C21H23NO. The maximum absolute atomic E-state index is 5.87. The number of nitrogens with zero attached hydrogens (tertiary/aromatic N) is 1. The SMILES string of the molecule is CC.Cc1ncccc1-c1cccc(OCc2ccccc2)c1. The normalized spacial score (nSPS) is 9.70. The molecule has 0 aliphatic carbocycles. The van der Waals surface area contributed by atoms with E-state index >= 15 is 0 Å². The summed E-state index contributed by atoms with van der Waals surface area (Å²) in [4.78, 5) is 4.34. The first-order chi connectivity index (χ1) is 11.3. The predicted octanol–water partition coefficient (Wildman–Crippen LogP) is 5.66. The molecule has 2 nitrogen and oxygen atoms in total. The smallest absolute Gasteiger partial charge is 0.120 e. The van der Waals surface area contributed by atoms with Gasteiger partial charge in [0.1, 0.15) is 12.4 Å². The molecule has 0 bridgehead atoms. The number of ether oxygens (including phenoxy) is 1. The Labute approximate surface area is 138 Å². The van der Waals surface area contributed by atoms with Crippen LogP contribution in [0, 0.1) is 6.92 Å². The summed E-state index contributed by atoms with van der Waals surface area (Å²) in [7, 11) is 0. The van der Waals surface area contributed by atoms with E-state index in [0.717, 1.165) is 22.6 Å². The van der Waals surface area contributed by atoms with Crippen molar-refractivity contribution in [2.45, 2.75) is 27.4 Å². The van der Waals surface area contributed by atoms with E-state index < -0.39 is 0 Å². The third kappa shape index (κ3) is 4.68. The van der Waals surface area contributed by atoms with Crippen LogP contribution in [0.1, 0.15) is 25.1 Å². The molecule has 0 aliphatic heterocycles. The summed E-state index contributed by atoms with van der Waals surface area (Å²) < 4.78 is 5.87. The summed E-state index contributed by atoms with van der Waals surface area (Å²) >= 11 is 0. The highest BCUT2D eigenvalue weighted by Crippen LogP contribution is 2.25. The Morgan fingerprint density at radius 2 is 1.65 bits per heavy atom. The molecule has 0 unspecified atom stereocenters. The van der Waals surface area contributed by atoms with Gasteiger partial charge >= 0.3 is 0 Å². The molecule has 1 aromatic heterocycles. The second-order valence-corrected chi connectivity index (χ2v) is 4.94. The first-order valence-electron chi connectivity index (χ1n) is 8.02. The molecule has 0 spiro atoms. The van der Waals surface area contributed by atoms with E-state index in [-0.39, 0.29) is 0 Å². The van der Waals surface area contributed by atoms with Gasteiger partial charge in [0.15, 0.2) is 0 Å². The predicted molar refractivity (Wildman–Crippen MR) is 96.5 cm³/mol. The lowest BCUT2D eigenvalue weighted by Gasteiger charge is -2.09. The van der Waals surface area contributed by atoms with Crippen molar-refractivity contribution in [3.8, 4) is 16.9 Å². The van der Waals surface area contributed by atoms with Crippen molar-refractivity contribution in [3.05, 3.63) is 84.2 Å². The van der Waals surface area contributed by atoms with Crippen molar-refractivity contribution in [2.24, 2.45) is 0 Å². The Balaban J connectivity index is 0.000000924. The molecular weight excluding hydrogens is 282 g/mol. The number of benzene rings is 2. The maximum Gasteiger partial charge on any atom is 0.120 e. The molecule has 0 N–H and O–H groups in total. The minimum atomic E-state index is 0.580. The molecule has 3 aromatic rings. The van der Waals surface area contributed by atoms with Crippen molar-refractivity contribution in [1.29, 1.82) is 0 Å². The van der Waals surface area contributed by atoms with Gasteiger partial charge in [-0.25, -0.2) is 0 Å². The van der Waals surface area contributed by atoms with Gasteiger partial charge in [-0.05, 0) is 36.2 Å². The lowest BCUT2D eigenvalue weighted by atomic mass is 10.0. The second kappa shape index (κ2) is 8.74. The lowest BCUT2D eigenvalue weighted by Crippen LogP contribution is -1.95.